The fraction of sp³-hybridized carbons (Fsp3) is 0.571. The molecule has 6 nitrogen and oxygen atoms in total. The number of allylic oxidation sites excluding steroid dienone is 1. The highest BCUT2D eigenvalue weighted by atomic mass is 19.1. The van der Waals surface area contributed by atoms with Crippen molar-refractivity contribution in [3.63, 3.8) is 0 Å². The molecule has 0 aromatic rings. The molecular formula is C14H25FN4O2. The maximum atomic E-state index is 13.1. The topological polar surface area (TPSA) is 83.4 Å². The van der Waals surface area contributed by atoms with Crippen molar-refractivity contribution in [2.45, 2.75) is 25.8 Å². The predicted octanol–water partition coefficient (Wildman–Crippen LogP) is 1.09. The Bertz CT molecular complexity index is 410. The molecule has 0 spiro atoms. The molecule has 0 aliphatic carbocycles. The number of halogens is 1. The van der Waals surface area contributed by atoms with Gasteiger partial charge < -0.3 is 15.6 Å². The summed E-state index contributed by atoms with van der Waals surface area (Å²) in [4.78, 5) is 9.54. The summed E-state index contributed by atoms with van der Waals surface area (Å²) in [5.41, 5.74) is 6.75. The summed E-state index contributed by atoms with van der Waals surface area (Å²) in [5.74, 6) is 0.296. The van der Waals surface area contributed by atoms with Crippen LogP contribution >= 0.6 is 0 Å². The van der Waals surface area contributed by atoms with E-state index < -0.39 is 19.1 Å². The molecule has 0 aliphatic rings. The Morgan fingerprint density at radius 2 is 2.19 bits per heavy atom. The monoisotopic (exact) mass is 300 g/mol. The fourth-order valence-electron chi connectivity index (χ4n) is 1.53. The molecule has 0 amide bonds. The van der Waals surface area contributed by atoms with Crippen molar-refractivity contribution in [2.24, 2.45) is 15.7 Å². The third-order valence-electron chi connectivity index (χ3n) is 3.02. The molecule has 0 aliphatic heterocycles. The molecular weight excluding hydrogens is 275 g/mol. The molecule has 0 aromatic heterocycles. The molecule has 0 saturated carbocycles. The van der Waals surface area contributed by atoms with Crippen LogP contribution in [0.4, 0.5) is 4.39 Å². The number of aliphatic hydroxyl groups is 1. The summed E-state index contributed by atoms with van der Waals surface area (Å²) in [6.45, 7) is 8.48. The maximum Gasteiger partial charge on any atom is 0.215 e. The zero-order valence-electron chi connectivity index (χ0n) is 12.9. The van der Waals surface area contributed by atoms with Crippen molar-refractivity contribution in [2.75, 3.05) is 27.4 Å². The van der Waals surface area contributed by atoms with E-state index in [1.165, 1.54) is 13.2 Å². The summed E-state index contributed by atoms with van der Waals surface area (Å²) in [7, 11) is 3.05. The van der Waals surface area contributed by atoms with Crippen molar-refractivity contribution in [1.29, 1.82) is 0 Å². The number of rotatable bonds is 9. The number of aliphatic hydroxyl groups excluding tert-OH is 1. The van der Waals surface area contributed by atoms with Gasteiger partial charge in [-0.3, -0.25) is 9.89 Å². The first-order chi connectivity index (χ1) is 9.90. The van der Waals surface area contributed by atoms with Gasteiger partial charge in [0.05, 0.1) is 6.04 Å². The van der Waals surface area contributed by atoms with Crippen LogP contribution in [0.3, 0.4) is 0 Å². The number of nitrogens with zero attached hydrogens (tertiary/aromatic N) is 3. The number of methoxy groups -OCH3 is 1. The number of hydrogen-bond donors (Lipinski definition) is 2. The Morgan fingerprint density at radius 1 is 1.57 bits per heavy atom. The lowest BCUT2D eigenvalue weighted by atomic mass is 10.2. The van der Waals surface area contributed by atoms with Crippen LogP contribution in [0.2, 0.25) is 0 Å². The van der Waals surface area contributed by atoms with Crippen molar-refractivity contribution in [3.05, 3.63) is 23.9 Å². The first-order valence-corrected chi connectivity index (χ1v) is 6.51. The standard InChI is InChI=1S/C14H25FN4O2/c1-6-12(16)10(2)13(17-3)18-11(9-15)7-8-19(4)14(20)21-5/h6,11,14,20H,1,3,7-9,16H2,2,4-5H3/t11-,14?/m0/s1. The minimum absolute atomic E-state index is 0.296. The van der Waals surface area contributed by atoms with Crippen molar-refractivity contribution in [3.8, 4) is 0 Å². The third-order valence-corrected chi connectivity index (χ3v) is 3.02. The lowest BCUT2D eigenvalue weighted by molar-refractivity contribution is -0.167. The van der Waals surface area contributed by atoms with Gasteiger partial charge in [0.25, 0.3) is 0 Å². The molecule has 0 aromatic carbocycles. The van der Waals surface area contributed by atoms with Gasteiger partial charge in [0.15, 0.2) is 5.84 Å². The van der Waals surface area contributed by atoms with Gasteiger partial charge in [0.2, 0.25) is 6.41 Å². The summed E-state index contributed by atoms with van der Waals surface area (Å²) in [6, 6.07) is -0.593. The van der Waals surface area contributed by atoms with Crippen molar-refractivity contribution < 1.29 is 14.2 Å². The number of aliphatic imine (C=N–C) groups is 2. The van der Waals surface area contributed by atoms with Crippen LogP contribution in [-0.4, -0.2) is 62.4 Å². The second-order valence-electron chi connectivity index (χ2n) is 4.53. The van der Waals surface area contributed by atoms with Gasteiger partial charge in [-0.15, -0.1) is 0 Å². The van der Waals surface area contributed by atoms with Gasteiger partial charge in [0, 0.05) is 24.9 Å². The summed E-state index contributed by atoms with van der Waals surface area (Å²) in [5, 5.41) is 9.44. The van der Waals surface area contributed by atoms with E-state index in [-0.39, 0.29) is 0 Å². The Kier molecular flexibility index (Phi) is 9.44. The molecule has 120 valence electrons. The van der Waals surface area contributed by atoms with E-state index in [1.807, 2.05) is 0 Å². The van der Waals surface area contributed by atoms with Crippen LogP contribution < -0.4 is 5.73 Å². The highest BCUT2D eigenvalue weighted by Gasteiger charge is 2.14. The zero-order valence-corrected chi connectivity index (χ0v) is 12.9. The molecule has 0 heterocycles. The van der Waals surface area contributed by atoms with Gasteiger partial charge in [-0.25, -0.2) is 9.38 Å². The molecule has 2 atom stereocenters. The Hall–Kier alpha value is -1.57. The van der Waals surface area contributed by atoms with E-state index in [0.29, 0.717) is 30.1 Å². The van der Waals surface area contributed by atoms with Gasteiger partial charge in [-0.1, -0.05) is 6.58 Å². The Labute approximate surface area is 125 Å². The summed E-state index contributed by atoms with van der Waals surface area (Å²) >= 11 is 0. The van der Waals surface area contributed by atoms with Gasteiger partial charge in [0.1, 0.15) is 6.67 Å². The largest absolute Gasteiger partial charge is 0.398 e. The molecule has 3 N–H and O–H groups in total. The average molecular weight is 300 g/mol. The molecule has 7 heteroatoms. The molecule has 0 saturated heterocycles. The normalized spacial score (nSPS) is 16.4. The lowest BCUT2D eigenvalue weighted by Crippen LogP contribution is -2.35. The minimum Gasteiger partial charge on any atom is -0.398 e. The van der Waals surface area contributed by atoms with E-state index in [4.69, 9.17) is 10.5 Å². The zero-order chi connectivity index (χ0) is 16.4. The summed E-state index contributed by atoms with van der Waals surface area (Å²) < 4.78 is 17.8. The van der Waals surface area contributed by atoms with E-state index in [2.05, 4.69) is 23.3 Å². The van der Waals surface area contributed by atoms with E-state index in [9.17, 15) is 9.50 Å². The number of alkyl halides is 1. The van der Waals surface area contributed by atoms with Crippen LogP contribution in [0.15, 0.2) is 33.9 Å². The fourth-order valence-corrected chi connectivity index (χ4v) is 1.53. The molecule has 21 heavy (non-hydrogen) atoms. The summed E-state index contributed by atoms with van der Waals surface area (Å²) in [6.07, 6.45) is 0.848. The van der Waals surface area contributed by atoms with Crippen molar-refractivity contribution >= 4 is 12.6 Å². The molecule has 0 rings (SSSR count). The Morgan fingerprint density at radius 3 is 2.62 bits per heavy atom. The number of ether oxygens (including phenoxy) is 1. The van der Waals surface area contributed by atoms with Gasteiger partial charge >= 0.3 is 0 Å². The van der Waals surface area contributed by atoms with Crippen LogP contribution in [0.1, 0.15) is 13.3 Å². The number of hydrogen-bond acceptors (Lipinski definition) is 5. The number of amidine groups is 1. The molecule has 0 fully saturated rings. The van der Waals surface area contributed by atoms with E-state index in [1.54, 1.807) is 18.9 Å². The SMILES string of the molecule is C=CC(N)=C(C)C(N=C)=N[C@H](CF)CCN(C)C(O)OC. The molecule has 0 radical (unpaired) electrons. The quantitative estimate of drug-likeness (QED) is 0.289. The predicted molar refractivity (Wildman–Crippen MR) is 84.1 cm³/mol. The van der Waals surface area contributed by atoms with E-state index >= 15 is 0 Å². The van der Waals surface area contributed by atoms with Crippen molar-refractivity contribution in [1.82, 2.24) is 4.90 Å². The van der Waals surface area contributed by atoms with Crippen LogP contribution in [-0.2, 0) is 4.74 Å². The van der Waals surface area contributed by atoms with Crippen LogP contribution in [0, 0.1) is 0 Å². The van der Waals surface area contributed by atoms with Crippen LogP contribution in [0.5, 0.6) is 0 Å². The van der Waals surface area contributed by atoms with Gasteiger partial charge in [-0.2, -0.15) is 0 Å². The first-order valence-electron chi connectivity index (χ1n) is 6.51. The lowest BCUT2D eigenvalue weighted by Gasteiger charge is -2.22. The highest BCUT2D eigenvalue weighted by Crippen LogP contribution is 2.09. The first kappa shape index (κ1) is 19.4. The highest BCUT2D eigenvalue weighted by molar-refractivity contribution is 6.01. The average Bonchev–Trinajstić information content (AvgIpc) is 2.52. The third kappa shape index (κ3) is 6.61. The van der Waals surface area contributed by atoms with E-state index in [0.717, 1.165) is 0 Å². The molecule has 1 unspecified atom stereocenters. The minimum atomic E-state index is -1.02. The van der Waals surface area contributed by atoms with Gasteiger partial charge in [-0.05, 0) is 33.2 Å². The Balaban J connectivity index is 4.90. The van der Waals surface area contributed by atoms with Crippen LogP contribution in [0.25, 0.3) is 0 Å². The second kappa shape index (κ2) is 10.2. The molecule has 0 bridgehead atoms. The maximum absolute atomic E-state index is 13.1. The second-order valence-corrected chi connectivity index (χ2v) is 4.53. The number of nitrogens with two attached hydrogens (primary N) is 1. The smallest absolute Gasteiger partial charge is 0.215 e.